The normalized spacial score (nSPS) is 18.1. The predicted molar refractivity (Wildman–Crippen MR) is 101 cm³/mol. The van der Waals surface area contributed by atoms with E-state index in [-0.39, 0.29) is 12.8 Å². The summed E-state index contributed by atoms with van der Waals surface area (Å²) in [6.07, 6.45) is 3.35. The van der Waals surface area contributed by atoms with Crippen molar-refractivity contribution in [1.29, 1.82) is 0 Å². The van der Waals surface area contributed by atoms with E-state index < -0.39 is 17.9 Å². The first-order valence-corrected chi connectivity index (χ1v) is 9.18. The van der Waals surface area contributed by atoms with Crippen molar-refractivity contribution in [2.75, 3.05) is 12.8 Å². The maximum atomic E-state index is 13.1. The van der Waals surface area contributed by atoms with Crippen LogP contribution >= 0.6 is 11.3 Å². The fourth-order valence-corrected chi connectivity index (χ4v) is 4.22. The highest BCUT2D eigenvalue weighted by Crippen LogP contribution is 2.49. The van der Waals surface area contributed by atoms with Crippen molar-refractivity contribution in [1.82, 2.24) is 15.0 Å². The fraction of sp³-hybridized carbons (Fsp3) is 0.333. The van der Waals surface area contributed by atoms with Gasteiger partial charge in [0.2, 0.25) is 5.92 Å². The Morgan fingerprint density at radius 1 is 1.33 bits per heavy atom. The molecule has 27 heavy (non-hydrogen) atoms. The Kier molecular flexibility index (Phi) is 4.35. The Labute approximate surface area is 157 Å². The third-order valence-corrected chi connectivity index (χ3v) is 5.72. The van der Waals surface area contributed by atoms with Gasteiger partial charge in [0, 0.05) is 54.2 Å². The molecule has 0 aromatic carbocycles. The highest BCUT2D eigenvalue weighted by Gasteiger charge is 2.48. The molecule has 1 fully saturated rings. The van der Waals surface area contributed by atoms with E-state index in [4.69, 9.17) is 5.73 Å². The van der Waals surface area contributed by atoms with Gasteiger partial charge >= 0.3 is 0 Å². The monoisotopic (exact) mass is 389 g/mol. The number of halogens is 2. The fourth-order valence-electron chi connectivity index (χ4n) is 3.15. The van der Waals surface area contributed by atoms with Crippen molar-refractivity contribution in [2.24, 2.45) is 10.9 Å². The van der Waals surface area contributed by atoms with E-state index in [1.54, 1.807) is 31.7 Å². The number of nitrogens with zero attached hydrogens (tertiary/aromatic N) is 4. The topological polar surface area (TPSA) is 97.3 Å². The first-order valence-electron chi connectivity index (χ1n) is 8.37. The molecule has 1 aliphatic carbocycles. The molecule has 1 aliphatic rings. The van der Waals surface area contributed by atoms with Crippen LogP contribution in [-0.4, -0.2) is 39.2 Å². The predicted octanol–water partition coefficient (Wildman–Crippen LogP) is 3.46. The van der Waals surface area contributed by atoms with Gasteiger partial charge in [0.1, 0.15) is 16.2 Å². The number of hydrogen-bond donors (Lipinski definition) is 2. The molecule has 3 heterocycles. The van der Waals surface area contributed by atoms with Gasteiger partial charge in [-0.25, -0.2) is 18.7 Å². The van der Waals surface area contributed by atoms with E-state index in [0.717, 1.165) is 5.56 Å². The summed E-state index contributed by atoms with van der Waals surface area (Å²) >= 11 is 1.27. The zero-order valence-corrected chi connectivity index (χ0v) is 15.2. The maximum absolute atomic E-state index is 13.1. The Hall–Kier alpha value is -2.52. The number of anilines is 1. The SMILES string of the molecule is CN=Cc1cc(-c2cnc3cc(C(O)C4CC(F)(F)C4)sc3n2)cnc1N. The van der Waals surface area contributed by atoms with Crippen molar-refractivity contribution in [3.05, 3.63) is 35.0 Å². The summed E-state index contributed by atoms with van der Waals surface area (Å²) in [5.41, 5.74) is 8.49. The van der Waals surface area contributed by atoms with E-state index in [2.05, 4.69) is 19.9 Å². The molecule has 1 saturated carbocycles. The number of hydrogen-bond acceptors (Lipinski definition) is 7. The van der Waals surface area contributed by atoms with Crippen LogP contribution in [0.1, 0.15) is 29.4 Å². The molecule has 3 aromatic rings. The van der Waals surface area contributed by atoms with Gasteiger partial charge in [0.25, 0.3) is 0 Å². The van der Waals surface area contributed by atoms with Gasteiger partial charge in [-0.05, 0) is 12.1 Å². The van der Waals surface area contributed by atoms with Crippen LogP contribution in [-0.2, 0) is 0 Å². The number of nitrogen functional groups attached to an aromatic ring is 1. The average molecular weight is 389 g/mol. The molecular weight excluding hydrogens is 372 g/mol. The second-order valence-electron chi connectivity index (χ2n) is 6.65. The van der Waals surface area contributed by atoms with Gasteiger partial charge in [-0.1, -0.05) is 0 Å². The van der Waals surface area contributed by atoms with Crippen LogP contribution in [0.4, 0.5) is 14.6 Å². The first-order chi connectivity index (χ1) is 12.9. The van der Waals surface area contributed by atoms with Crippen molar-refractivity contribution in [3.63, 3.8) is 0 Å². The zero-order chi connectivity index (χ0) is 19.2. The number of aliphatic hydroxyl groups is 1. The van der Waals surface area contributed by atoms with Crippen molar-refractivity contribution < 1.29 is 13.9 Å². The zero-order valence-electron chi connectivity index (χ0n) is 14.4. The number of aromatic nitrogens is 3. The molecule has 6 nitrogen and oxygen atoms in total. The van der Waals surface area contributed by atoms with E-state index in [9.17, 15) is 13.9 Å². The molecule has 140 valence electrons. The van der Waals surface area contributed by atoms with E-state index in [0.29, 0.717) is 32.3 Å². The standard InChI is InChI=1S/C18H17F2N5OS/c1-22-6-10-2-9(7-24-16(10)21)13-8-23-12-3-14(27-17(12)25-13)15(26)11-4-18(19,20)5-11/h2-3,6-8,11,15,26H,4-5H2,1H3,(H2,21,24). The molecular formula is C18H17F2N5OS. The second kappa shape index (κ2) is 6.58. The number of rotatable bonds is 4. The lowest BCUT2D eigenvalue weighted by molar-refractivity contribution is -0.141. The lowest BCUT2D eigenvalue weighted by Crippen LogP contribution is -2.38. The Balaban J connectivity index is 1.64. The molecule has 0 aliphatic heterocycles. The molecule has 1 atom stereocenters. The lowest BCUT2D eigenvalue weighted by atomic mass is 9.77. The smallest absolute Gasteiger partial charge is 0.248 e. The second-order valence-corrected chi connectivity index (χ2v) is 7.71. The Morgan fingerprint density at radius 3 is 2.81 bits per heavy atom. The Bertz CT molecular complexity index is 1030. The van der Waals surface area contributed by atoms with E-state index in [1.165, 1.54) is 11.3 Å². The molecule has 9 heteroatoms. The van der Waals surface area contributed by atoms with Crippen molar-refractivity contribution in [3.8, 4) is 11.3 Å². The van der Waals surface area contributed by atoms with Crippen LogP contribution < -0.4 is 5.73 Å². The number of aliphatic hydroxyl groups excluding tert-OH is 1. The van der Waals surface area contributed by atoms with Crippen molar-refractivity contribution >= 4 is 33.7 Å². The summed E-state index contributed by atoms with van der Waals surface area (Å²) in [6, 6.07) is 3.54. The molecule has 0 amide bonds. The van der Waals surface area contributed by atoms with Gasteiger partial charge in [-0.2, -0.15) is 0 Å². The van der Waals surface area contributed by atoms with Crippen LogP contribution in [0.5, 0.6) is 0 Å². The molecule has 0 radical (unpaired) electrons. The number of thiophene rings is 1. The number of fused-ring (bicyclic) bond motifs is 1. The number of nitrogens with two attached hydrogens (primary N) is 1. The molecule has 1 unspecified atom stereocenters. The molecule has 0 bridgehead atoms. The minimum absolute atomic E-state index is 0.284. The van der Waals surface area contributed by atoms with E-state index >= 15 is 0 Å². The summed E-state index contributed by atoms with van der Waals surface area (Å²) in [7, 11) is 1.65. The third-order valence-electron chi connectivity index (χ3n) is 4.63. The summed E-state index contributed by atoms with van der Waals surface area (Å²) < 4.78 is 26.1. The van der Waals surface area contributed by atoms with Crippen LogP contribution in [0.15, 0.2) is 29.5 Å². The highest BCUT2D eigenvalue weighted by atomic mass is 32.1. The number of aliphatic imine (C=N–C) groups is 1. The first kappa shape index (κ1) is 17.9. The van der Waals surface area contributed by atoms with Gasteiger partial charge in [0.05, 0.1) is 18.0 Å². The minimum atomic E-state index is -2.66. The van der Waals surface area contributed by atoms with Crippen LogP contribution in [0.25, 0.3) is 21.6 Å². The van der Waals surface area contributed by atoms with Gasteiger partial charge in [-0.3, -0.25) is 9.98 Å². The average Bonchev–Trinajstić information content (AvgIpc) is 3.04. The largest absolute Gasteiger partial charge is 0.387 e. The number of pyridine rings is 1. The molecule has 3 aromatic heterocycles. The quantitative estimate of drug-likeness (QED) is 0.666. The number of alkyl halides is 2. The van der Waals surface area contributed by atoms with Crippen molar-refractivity contribution in [2.45, 2.75) is 24.9 Å². The van der Waals surface area contributed by atoms with Crippen LogP contribution in [0, 0.1) is 5.92 Å². The molecule has 0 spiro atoms. The molecule has 4 rings (SSSR count). The molecule has 3 N–H and O–H groups in total. The minimum Gasteiger partial charge on any atom is -0.387 e. The Morgan fingerprint density at radius 2 is 2.11 bits per heavy atom. The van der Waals surface area contributed by atoms with Crippen LogP contribution in [0.3, 0.4) is 0 Å². The third kappa shape index (κ3) is 3.40. The lowest BCUT2D eigenvalue weighted by Gasteiger charge is -2.37. The highest BCUT2D eigenvalue weighted by molar-refractivity contribution is 7.18. The summed E-state index contributed by atoms with van der Waals surface area (Å²) in [6.45, 7) is 0. The van der Waals surface area contributed by atoms with Crippen LogP contribution in [0.2, 0.25) is 0 Å². The molecule has 0 saturated heterocycles. The van der Waals surface area contributed by atoms with Gasteiger partial charge < -0.3 is 10.8 Å². The summed E-state index contributed by atoms with van der Waals surface area (Å²) in [5.74, 6) is -2.71. The summed E-state index contributed by atoms with van der Waals surface area (Å²) in [4.78, 5) is 18.3. The summed E-state index contributed by atoms with van der Waals surface area (Å²) in [5, 5.41) is 10.4. The van der Waals surface area contributed by atoms with Gasteiger partial charge in [0.15, 0.2) is 0 Å². The maximum Gasteiger partial charge on any atom is 0.248 e. The van der Waals surface area contributed by atoms with Gasteiger partial charge in [-0.15, -0.1) is 11.3 Å². The van der Waals surface area contributed by atoms with E-state index in [1.807, 2.05) is 6.07 Å².